The van der Waals surface area contributed by atoms with Gasteiger partial charge in [-0.15, -0.1) is 0 Å². The van der Waals surface area contributed by atoms with Crippen LogP contribution in [0.5, 0.6) is 0 Å². The third-order valence-corrected chi connectivity index (χ3v) is 2.07. The monoisotopic (exact) mass is 179 g/mol. The molecule has 2 heterocycles. The van der Waals surface area contributed by atoms with Crippen LogP contribution in [-0.2, 0) is 4.74 Å². The van der Waals surface area contributed by atoms with E-state index in [1.165, 1.54) is 0 Å². The van der Waals surface area contributed by atoms with Crippen LogP contribution in [0.25, 0.3) is 0 Å². The quantitative estimate of drug-likeness (QED) is 0.652. The number of aromatic nitrogens is 1. The number of hydrogen-bond acceptors (Lipinski definition) is 4. The fourth-order valence-electron chi connectivity index (χ4n) is 1.42. The molecule has 2 rings (SSSR count). The maximum Gasteiger partial charge on any atom is 0.123 e. The summed E-state index contributed by atoms with van der Waals surface area (Å²) in [7, 11) is 0. The Morgan fingerprint density at radius 1 is 1.54 bits per heavy atom. The first-order valence-electron chi connectivity index (χ1n) is 4.40. The summed E-state index contributed by atoms with van der Waals surface area (Å²) in [6.07, 6.45) is 0. The summed E-state index contributed by atoms with van der Waals surface area (Å²) in [6, 6.07) is 5.85. The van der Waals surface area contributed by atoms with Gasteiger partial charge in [-0.1, -0.05) is 6.07 Å². The fourth-order valence-corrected chi connectivity index (χ4v) is 1.42. The van der Waals surface area contributed by atoms with Gasteiger partial charge in [-0.25, -0.2) is 4.98 Å². The lowest BCUT2D eigenvalue weighted by molar-refractivity contribution is 0.0756. The molecule has 13 heavy (non-hydrogen) atoms. The average molecular weight is 179 g/mol. The normalized spacial score (nSPS) is 22.9. The van der Waals surface area contributed by atoms with Gasteiger partial charge in [-0.05, 0) is 12.1 Å². The minimum absolute atomic E-state index is 0.192. The lowest BCUT2D eigenvalue weighted by Crippen LogP contribution is -2.35. The molecule has 1 unspecified atom stereocenters. The van der Waals surface area contributed by atoms with Crippen molar-refractivity contribution in [3.8, 4) is 0 Å². The third-order valence-electron chi connectivity index (χ3n) is 2.07. The predicted octanol–water partition coefficient (Wildman–Crippen LogP) is 0.325. The zero-order chi connectivity index (χ0) is 9.10. The van der Waals surface area contributed by atoms with Crippen molar-refractivity contribution in [3.63, 3.8) is 0 Å². The summed E-state index contributed by atoms with van der Waals surface area (Å²) in [5, 5.41) is 3.32. The van der Waals surface area contributed by atoms with Crippen LogP contribution in [0.1, 0.15) is 11.7 Å². The Morgan fingerprint density at radius 2 is 2.46 bits per heavy atom. The van der Waals surface area contributed by atoms with Crippen molar-refractivity contribution in [2.45, 2.75) is 6.04 Å². The number of nitrogens with one attached hydrogen (secondary N) is 1. The number of hydrogen-bond donors (Lipinski definition) is 2. The third kappa shape index (κ3) is 1.96. The van der Waals surface area contributed by atoms with E-state index in [0.717, 1.165) is 18.8 Å². The van der Waals surface area contributed by atoms with Gasteiger partial charge in [0.2, 0.25) is 0 Å². The van der Waals surface area contributed by atoms with Crippen molar-refractivity contribution in [3.05, 3.63) is 23.9 Å². The number of morpholine rings is 1. The molecular formula is C9H13N3O. The molecule has 1 saturated heterocycles. The zero-order valence-corrected chi connectivity index (χ0v) is 7.36. The lowest BCUT2D eigenvalue weighted by Gasteiger charge is -2.23. The zero-order valence-electron chi connectivity index (χ0n) is 7.36. The molecule has 70 valence electrons. The van der Waals surface area contributed by atoms with Gasteiger partial charge < -0.3 is 15.8 Å². The van der Waals surface area contributed by atoms with Crippen LogP contribution in [0, 0.1) is 0 Å². The average Bonchev–Trinajstić information content (AvgIpc) is 2.19. The first-order valence-corrected chi connectivity index (χ1v) is 4.40. The van der Waals surface area contributed by atoms with E-state index in [1.54, 1.807) is 6.07 Å². The Balaban J connectivity index is 2.14. The summed E-state index contributed by atoms with van der Waals surface area (Å²) >= 11 is 0. The van der Waals surface area contributed by atoms with Crippen molar-refractivity contribution in [1.82, 2.24) is 10.3 Å². The van der Waals surface area contributed by atoms with Crippen LogP contribution in [0.3, 0.4) is 0 Å². The molecule has 0 saturated carbocycles. The topological polar surface area (TPSA) is 60.2 Å². The Hall–Kier alpha value is -1.13. The molecule has 1 aliphatic rings. The summed E-state index contributed by atoms with van der Waals surface area (Å²) in [6.45, 7) is 2.33. The van der Waals surface area contributed by atoms with Crippen LogP contribution in [0.2, 0.25) is 0 Å². The first kappa shape index (κ1) is 8.47. The Kier molecular flexibility index (Phi) is 2.42. The molecule has 1 atom stereocenters. The molecule has 0 aromatic carbocycles. The van der Waals surface area contributed by atoms with E-state index in [1.807, 2.05) is 12.1 Å². The lowest BCUT2D eigenvalue weighted by atomic mass is 10.2. The molecular weight excluding hydrogens is 166 g/mol. The van der Waals surface area contributed by atoms with Gasteiger partial charge in [0.05, 0.1) is 24.9 Å². The number of nitrogens with two attached hydrogens (primary N) is 1. The fraction of sp³-hybridized carbons (Fsp3) is 0.444. The van der Waals surface area contributed by atoms with Gasteiger partial charge >= 0.3 is 0 Å². The molecule has 0 amide bonds. The largest absolute Gasteiger partial charge is 0.384 e. The Bertz CT molecular complexity index is 284. The number of nitrogens with zero attached hydrogens (tertiary/aromatic N) is 1. The second-order valence-corrected chi connectivity index (χ2v) is 3.07. The summed E-state index contributed by atoms with van der Waals surface area (Å²) in [4.78, 5) is 4.23. The standard InChI is InChI=1S/C9H13N3O/c10-9-3-1-2-7(12-9)8-6-13-5-4-11-8/h1-3,8,11H,4-6H2,(H2,10,12). The van der Waals surface area contributed by atoms with Gasteiger partial charge in [0.1, 0.15) is 5.82 Å². The molecule has 0 spiro atoms. The van der Waals surface area contributed by atoms with Crippen molar-refractivity contribution in [1.29, 1.82) is 0 Å². The maximum atomic E-state index is 5.59. The van der Waals surface area contributed by atoms with E-state index in [0.29, 0.717) is 12.4 Å². The van der Waals surface area contributed by atoms with Crippen LogP contribution in [-0.4, -0.2) is 24.7 Å². The highest BCUT2D eigenvalue weighted by molar-refractivity contribution is 5.29. The smallest absolute Gasteiger partial charge is 0.123 e. The highest BCUT2D eigenvalue weighted by Crippen LogP contribution is 2.13. The van der Waals surface area contributed by atoms with E-state index >= 15 is 0 Å². The van der Waals surface area contributed by atoms with E-state index in [4.69, 9.17) is 10.5 Å². The number of nitrogen functional groups attached to an aromatic ring is 1. The molecule has 0 radical (unpaired) electrons. The highest BCUT2D eigenvalue weighted by atomic mass is 16.5. The summed E-state index contributed by atoms with van der Waals surface area (Å²) in [5.74, 6) is 0.560. The Labute approximate surface area is 77.1 Å². The molecule has 4 heteroatoms. The first-order chi connectivity index (χ1) is 6.36. The molecule has 3 N–H and O–H groups in total. The van der Waals surface area contributed by atoms with E-state index < -0.39 is 0 Å². The molecule has 0 bridgehead atoms. The summed E-state index contributed by atoms with van der Waals surface area (Å²) < 4.78 is 5.33. The van der Waals surface area contributed by atoms with Gasteiger partial charge in [-0.2, -0.15) is 0 Å². The van der Waals surface area contributed by atoms with Crippen LogP contribution >= 0.6 is 0 Å². The van der Waals surface area contributed by atoms with Crippen LogP contribution < -0.4 is 11.1 Å². The van der Waals surface area contributed by atoms with Gasteiger partial charge in [-0.3, -0.25) is 0 Å². The van der Waals surface area contributed by atoms with Crippen molar-refractivity contribution >= 4 is 5.82 Å². The van der Waals surface area contributed by atoms with Gasteiger partial charge in [0.15, 0.2) is 0 Å². The maximum absolute atomic E-state index is 5.59. The molecule has 1 fully saturated rings. The number of pyridine rings is 1. The van der Waals surface area contributed by atoms with Gasteiger partial charge in [0, 0.05) is 6.54 Å². The molecule has 1 aliphatic heterocycles. The highest BCUT2D eigenvalue weighted by Gasteiger charge is 2.15. The minimum Gasteiger partial charge on any atom is -0.384 e. The molecule has 1 aromatic rings. The van der Waals surface area contributed by atoms with Crippen molar-refractivity contribution in [2.75, 3.05) is 25.5 Å². The number of anilines is 1. The van der Waals surface area contributed by atoms with E-state index in [-0.39, 0.29) is 6.04 Å². The van der Waals surface area contributed by atoms with Crippen molar-refractivity contribution < 1.29 is 4.74 Å². The van der Waals surface area contributed by atoms with E-state index in [2.05, 4.69) is 10.3 Å². The van der Waals surface area contributed by atoms with E-state index in [9.17, 15) is 0 Å². The van der Waals surface area contributed by atoms with Crippen LogP contribution in [0.15, 0.2) is 18.2 Å². The summed E-state index contributed by atoms with van der Waals surface area (Å²) in [5.41, 5.74) is 6.54. The molecule has 0 aliphatic carbocycles. The number of ether oxygens (including phenoxy) is 1. The van der Waals surface area contributed by atoms with Gasteiger partial charge in [0.25, 0.3) is 0 Å². The predicted molar refractivity (Wildman–Crippen MR) is 50.2 cm³/mol. The number of rotatable bonds is 1. The second-order valence-electron chi connectivity index (χ2n) is 3.07. The Morgan fingerprint density at radius 3 is 3.15 bits per heavy atom. The van der Waals surface area contributed by atoms with Crippen LogP contribution in [0.4, 0.5) is 5.82 Å². The second kappa shape index (κ2) is 3.72. The molecule has 1 aromatic heterocycles. The van der Waals surface area contributed by atoms with Crippen molar-refractivity contribution in [2.24, 2.45) is 0 Å². The molecule has 4 nitrogen and oxygen atoms in total. The SMILES string of the molecule is Nc1cccc(C2COCCN2)n1. The minimum atomic E-state index is 0.192.